The van der Waals surface area contributed by atoms with Crippen molar-refractivity contribution in [2.75, 3.05) is 36.8 Å². The lowest BCUT2D eigenvalue weighted by Crippen LogP contribution is -2.41. The van der Waals surface area contributed by atoms with E-state index in [1.54, 1.807) is 12.3 Å². The van der Waals surface area contributed by atoms with Gasteiger partial charge in [0.2, 0.25) is 0 Å². The molecule has 2 aliphatic heterocycles. The number of nitrogens with zero attached hydrogens (tertiary/aromatic N) is 4. The minimum absolute atomic E-state index is 0.526. The Balaban J connectivity index is 1.69. The van der Waals surface area contributed by atoms with Crippen LogP contribution in [0, 0.1) is 11.3 Å². The fourth-order valence-electron chi connectivity index (χ4n) is 3.32. The summed E-state index contributed by atoms with van der Waals surface area (Å²) in [5.41, 5.74) is 7.17. The first-order valence-electron chi connectivity index (χ1n) is 7.42. The van der Waals surface area contributed by atoms with Crippen LogP contribution in [0.1, 0.15) is 31.2 Å². The van der Waals surface area contributed by atoms with Crippen LogP contribution < -0.4 is 10.6 Å². The Morgan fingerprint density at radius 2 is 2.05 bits per heavy atom. The van der Waals surface area contributed by atoms with Gasteiger partial charge in [0.25, 0.3) is 0 Å². The molecule has 0 aromatic carbocycles. The van der Waals surface area contributed by atoms with Crippen LogP contribution in [0.4, 0.5) is 11.5 Å². The molecule has 0 spiro atoms. The summed E-state index contributed by atoms with van der Waals surface area (Å²) in [7, 11) is 0. The fraction of sp³-hybridized carbons (Fsp3) is 0.600. The number of hydrogen-bond donors (Lipinski definition) is 1. The highest BCUT2D eigenvalue weighted by Crippen LogP contribution is 2.27. The van der Waals surface area contributed by atoms with E-state index >= 15 is 0 Å². The Kier molecular flexibility index (Phi) is 3.75. The first-order valence-corrected chi connectivity index (χ1v) is 7.42. The van der Waals surface area contributed by atoms with Gasteiger partial charge in [0, 0.05) is 25.3 Å². The third kappa shape index (κ3) is 2.56. The summed E-state index contributed by atoms with van der Waals surface area (Å²) in [5, 5.41) is 8.86. The van der Waals surface area contributed by atoms with Gasteiger partial charge in [-0.05, 0) is 38.4 Å². The fourth-order valence-corrected chi connectivity index (χ4v) is 3.32. The zero-order valence-electron chi connectivity index (χ0n) is 11.8. The van der Waals surface area contributed by atoms with Gasteiger partial charge in [-0.2, -0.15) is 5.26 Å². The van der Waals surface area contributed by atoms with Gasteiger partial charge in [-0.15, -0.1) is 0 Å². The van der Waals surface area contributed by atoms with Gasteiger partial charge in [0.1, 0.15) is 6.07 Å². The zero-order chi connectivity index (χ0) is 13.9. The van der Waals surface area contributed by atoms with Crippen LogP contribution in [-0.4, -0.2) is 42.1 Å². The minimum atomic E-state index is 0.526. The molecule has 2 fully saturated rings. The predicted molar refractivity (Wildman–Crippen MR) is 79.4 cm³/mol. The van der Waals surface area contributed by atoms with Gasteiger partial charge >= 0.3 is 0 Å². The van der Waals surface area contributed by atoms with Gasteiger partial charge in [0.05, 0.1) is 11.3 Å². The van der Waals surface area contributed by atoms with Gasteiger partial charge in [-0.3, -0.25) is 4.90 Å². The molecule has 106 valence electrons. The molecule has 3 rings (SSSR count). The number of anilines is 2. The second-order valence-corrected chi connectivity index (χ2v) is 5.73. The summed E-state index contributed by atoms with van der Waals surface area (Å²) < 4.78 is 0. The topological polar surface area (TPSA) is 69.2 Å². The standard InChI is InChI=1S/C15H21N5/c16-9-12-8-14(17)15(18-10-12)20-7-4-13(11-20)19-5-2-1-3-6-19/h8,10,13H,1-7,11,17H2. The first-order chi connectivity index (χ1) is 9.78. The van der Waals surface area contributed by atoms with Crippen LogP contribution in [0.15, 0.2) is 12.3 Å². The number of likely N-dealkylation sites (tertiary alicyclic amines) is 1. The highest BCUT2D eigenvalue weighted by Gasteiger charge is 2.29. The van der Waals surface area contributed by atoms with Crippen molar-refractivity contribution in [2.24, 2.45) is 0 Å². The second kappa shape index (κ2) is 5.68. The smallest absolute Gasteiger partial charge is 0.151 e. The maximum absolute atomic E-state index is 8.86. The van der Waals surface area contributed by atoms with E-state index in [4.69, 9.17) is 11.0 Å². The number of rotatable bonds is 2. The molecule has 0 amide bonds. The Labute approximate surface area is 120 Å². The van der Waals surface area contributed by atoms with Gasteiger partial charge < -0.3 is 10.6 Å². The highest BCUT2D eigenvalue weighted by molar-refractivity contribution is 5.65. The molecule has 1 aromatic rings. The average molecular weight is 271 g/mol. The van der Waals surface area contributed by atoms with E-state index in [9.17, 15) is 0 Å². The maximum atomic E-state index is 8.86. The highest BCUT2D eigenvalue weighted by atomic mass is 15.3. The van der Waals surface area contributed by atoms with E-state index in [2.05, 4.69) is 20.9 Å². The monoisotopic (exact) mass is 271 g/mol. The third-order valence-electron chi connectivity index (χ3n) is 4.39. The molecule has 5 nitrogen and oxygen atoms in total. The normalized spacial score (nSPS) is 23.8. The number of nitriles is 1. The second-order valence-electron chi connectivity index (χ2n) is 5.73. The Hall–Kier alpha value is -1.80. The summed E-state index contributed by atoms with van der Waals surface area (Å²) in [6, 6.07) is 4.43. The van der Waals surface area contributed by atoms with Crippen molar-refractivity contribution in [3.63, 3.8) is 0 Å². The quantitative estimate of drug-likeness (QED) is 0.884. The van der Waals surface area contributed by atoms with Crippen molar-refractivity contribution in [3.05, 3.63) is 17.8 Å². The molecular weight excluding hydrogens is 250 g/mol. The molecule has 5 heteroatoms. The molecule has 1 aromatic heterocycles. The molecular formula is C15H21N5. The van der Waals surface area contributed by atoms with Crippen LogP contribution in [0.5, 0.6) is 0 Å². The average Bonchev–Trinajstić information content (AvgIpc) is 2.97. The number of pyridine rings is 1. The third-order valence-corrected chi connectivity index (χ3v) is 4.39. The molecule has 20 heavy (non-hydrogen) atoms. The molecule has 0 bridgehead atoms. The molecule has 2 N–H and O–H groups in total. The van der Waals surface area contributed by atoms with Crippen molar-refractivity contribution < 1.29 is 0 Å². The van der Waals surface area contributed by atoms with Gasteiger partial charge in [0.15, 0.2) is 5.82 Å². The van der Waals surface area contributed by atoms with Crippen molar-refractivity contribution in [2.45, 2.75) is 31.7 Å². The van der Waals surface area contributed by atoms with E-state index < -0.39 is 0 Å². The molecule has 1 atom stereocenters. The van der Waals surface area contributed by atoms with Crippen LogP contribution in [0.3, 0.4) is 0 Å². The Morgan fingerprint density at radius 3 is 2.75 bits per heavy atom. The van der Waals surface area contributed by atoms with Gasteiger partial charge in [-0.25, -0.2) is 4.98 Å². The number of hydrogen-bond acceptors (Lipinski definition) is 5. The molecule has 2 aliphatic rings. The molecule has 0 aliphatic carbocycles. The largest absolute Gasteiger partial charge is 0.396 e. The van der Waals surface area contributed by atoms with E-state index in [1.165, 1.54) is 38.8 Å². The lowest BCUT2D eigenvalue weighted by Gasteiger charge is -2.32. The Bertz CT molecular complexity index is 515. The van der Waals surface area contributed by atoms with Crippen molar-refractivity contribution >= 4 is 11.5 Å². The number of piperidine rings is 1. The van der Waals surface area contributed by atoms with Crippen molar-refractivity contribution in [1.29, 1.82) is 5.26 Å². The summed E-state index contributed by atoms with van der Waals surface area (Å²) in [4.78, 5) is 9.24. The van der Waals surface area contributed by atoms with Crippen LogP contribution >= 0.6 is 0 Å². The zero-order valence-corrected chi connectivity index (χ0v) is 11.8. The molecule has 2 saturated heterocycles. The number of nitrogen functional groups attached to an aromatic ring is 1. The summed E-state index contributed by atoms with van der Waals surface area (Å²) >= 11 is 0. The minimum Gasteiger partial charge on any atom is -0.396 e. The van der Waals surface area contributed by atoms with Crippen LogP contribution in [0.25, 0.3) is 0 Å². The molecule has 0 radical (unpaired) electrons. The SMILES string of the molecule is N#Cc1cnc(N2CCC(N3CCCCC3)C2)c(N)c1. The predicted octanol–water partition coefficient (Wildman–Crippen LogP) is 1.60. The lowest BCUT2D eigenvalue weighted by molar-refractivity contribution is 0.175. The van der Waals surface area contributed by atoms with E-state index in [0.29, 0.717) is 17.3 Å². The maximum Gasteiger partial charge on any atom is 0.151 e. The van der Waals surface area contributed by atoms with E-state index in [0.717, 1.165) is 18.9 Å². The Morgan fingerprint density at radius 1 is 1.25 bits per heavy atom. The first kappa shape index (κ1) is 13.2. The van der Waals surface area contributed by atoms with Crippen LogP contribution in [-0.2, 0) is 0 Å². The lowest BCUT2D eigenvalue weighted by atomic mass is 10.1. The summed E-state index contributed by atoms with van der Waals surface area (Å²) in [5.74, 6) is 0.837. The van der Waals surface area contributed by atoms with E-state index in [-0.39, 0.29) is 0 Å². The summed E-state index contributed by atoms with van der Waals surface area (Å²) in [6.07, 6.45) is 6.82. The van der Waals surface area contributed by atoms with Gasteiger partial charge in [-0.1, -0.05) is 6.42 Å². The molecule has 1 unspecified atom stereocenters. The number of aromatic nitrogens is 1. The van der Waals surface area contributed by atoms with Crippen molar-refractivity contribution in [3.8, 4) is 6.07 Å². The molecule has 0 saturated carbocycles. The summed E-state index contributed by atoms with van der Waals surface area (Å²) in [6.45, 7) is 4.47. The van der Waals surface area contributed by atoms with E-state index in [1.807, 2.05) is 0 Å². The molecule has 3 heterocycles. The number of nitrogens with two attached hydrogens (primary N) is 1. The van der Waals surface area contributed by atoms with Crippen LogP contribution in [0.2, 0.25) is 0 Å². The van der Waals surface area contributed by atoms with Crippen molar-refractivity contribution in [1.82, 2.24) is 9.88 Å².